The average molecular weight is 306 g/mol. The van der Waals surface area contributed by atoms with Crippen molar-refractivity contribution in [1.29, 1.82) is 0 Å². The van der Waals surface area contributed by atoms with Crippen molar-refractivity contribution in [3.05, 3.63) is 18.0 Å². The van der Waals surface area contributed by atoms with Crippen molar-refractivity contribution in [2.75, 3.05) is 19.7 Å². The Hall–Kier alpha value is -1.89. The Labute approximate surface area is 129 Å². The van der Waals surface area contributed by atoms with Crippen molar-refractivity contribution in [2.45, 2.75) is 37.8 Å². The molecule has 2 fully saturated rings. The lowest BCUT2D eigenvalue weighted by Crippen LogP contribution is -2.46. The smallest absolute Gasteiger partial charge is 0.239 e. The molecule has 0 bridgehead atoms. The van der Waals surface area contributed by atoms with E-state index in [2.05, 4.69) is 10.4 Å². The van der Waals surface area contributed by atoms with E-state index in [0.29, 0.717) is 19.6 Å². The second-order valence-corrected chi connectivity index (χ2v) is 5.97. The van der Waals surface area contributed by atoms with Crippen molar-refractivity contribution in [3.8, 4) is 0 Å². The molecule has 0 saturated carbocycles. The van der Waals surface area contributed by atoms with Crippen LogP contribution in [0.4, 0.5) is 0 Å². The van der Waals surface area contributed by atoms with E-state index in [0.717, 1.165) is 24.8 Å². The largest absolute Gasteiger partial charge is 0.371 e. The first kappa shape index (κ1) is 15.0. The molecule has 0 unspecified atom stereocenters. The van der Waals surface area contributed by atoms with E-state index in [9.17, 15) is 9.59 Å². The van der Waals surface area contributed by atoms with Gasteiger partial charge in [0.25, 0.3) is 0 Å². The third kappa shape index (κ3) is 3.30. The molecule has 3 rings (SSSR count). The molecular weight excluding hydrogens is 284 g/mol. The van der Waals surface area contributed by atoms with Gasteiger partial charge in [0.15, 0.2) is 0 Å². The molecule has 2 amide bonds. The van der Waals surface area contributed by atoms with Crippen LogP contribution in [-0.4, -0.2) is 52.2 Å². The summed E-state index contributed by atoms with van der Waals surface area (Å²) in [4.78, 5) is 25.6. The predicted octanol–water partition coefficient (Wildman–Crippen LogP) is 0.379. The van der Waals surface area contributed by atoms with Gasteiger partial charge < -0.3 is 15.0 Å². The molecule has 0 spiro atoms. The SMILES string of the molecule is Cn1cc([C@H]2OCC[C@@H]2NC(=O)CN2CCCCC2=O)cn1. The van der Waals surface area contributed by atoms with Crippen molar-refractivity contribution >= 4 is 11.8 Å². The average Bonchev–Trinajstić information content (AvgIpc) is 3.10. The molecule has 2 aliphatic rings. The Morgan fingerprint density at radius 3 is 3.09 bits per heavy atom. The van der Waals surface area contributed by atoms with E-state index in [1.807, 2.05) is 13.2 Å². The number of carbonyl (C=O) groups is 2. The van der Waals surface area contributed by atoms with Gasteiger partial charge in [-0.15, -0.1) is 0 Å². The molecule has 2 atom stereocenters. The third-order valence-electron chi connectivity index (χ3n) is 4.25. The van der Waals surface area contributed by atoms with E-state index in [-0.39, 0.29) is 30.5 Å². The summed E-state index contributed by atoms with van der Waals surface area (Å²) in [5.74, 6) is -0.0347. The van der Waals surface area contributed by atoms with Gasteiger partial charge in [-0.1, -0.05) is 0 Å². The summed E-state index contributed by atoms with van der Waals surface area (Å²) < 4.78 is 7.45. The number of aryl methyl sites for hydroxylation is 1. The van der Waals surface area contributed by atoms with Gasteiger partial charge in [-0.05, 0) is 19.3 Å². The van der Waals surface area contributed by atoms with Crippen LogP contribution in [0.15, 0.2) is 12.4 Å². The number of amides is 2. The molecule has 2 saturated heterocycles. The van der Waals surface area contributed by atoms with Gasteiger partial charge in [-0.3, -0.25) is 14.3 Å². The van der Waals surface area contributed by atoms with E-state index in [4.69, 9.17) is 4.74 Å². The van der Waals surface area contributed by atoms with E-state index < -0.39 is 0 Å². The first-order valence-electron chi connectivity index (χ1n) is 7.81. The van der Waals surface area contributed by atoms with Gasteiger partial charge >= 0.3 is 0 Å². The van der Waals surface area contributed by atoms with E-state index >= 15 is 0 Å². The predicted molar refractivity (Wildman–Crippen MR) is 78.9 cm³/mol. The second-order valence-electron chi connectivity index (χ2n) is 5.97. The molecule has 120 valence electrons. The Morgan fingerprint density at radius 1 is 1.50 bits per heavy atom. The van der Waals surface area contributed by atoms with Crippen molar-refractivity contribution < 1.29 is 14.3 Å². The highest BCUT2D eigenvalue weighted by molar-refractivity contribution is 5.85. The molecule has 0 radical (unpaired) electrons. The second kappa shape index (κ2) is 6.48. The van der Waals surface area contributed by atoms with Crippen LogP contribution in [0.3, 0.4) is 0 Å². The number of aromatic nitrogens is 2. The van der Waals surface area contributed by atoms with Crippen molar-refractivity contribution in [3.63, 3.8) is 0 Å². The molecule has 3 heterocycles. The summed E-state index contributed by atoms with van der Waals surface area (Å²) in [5.41, 5.74) is 0.972. The molecule has 22 heavy (non-hydrogen) atoms. The summed E-state index contributed by atoms with van der Waals surface area (Å²) in [7, 11) is 1.86. The molecule has 0 aliphatic carbocycles. The third-order valence-corrected chi connectivity index (χ3v) is 4.25. The van der Waals surface area contributed by atoms with Crippen LogP contribution in [0.25, 0.3) is 0 Å². The van der Waals surface area contributed by atoms with Crippen molar-refractivity contribution in [1.82, 2.24) is 20.0 Å². The minimum Gasteiger partial charge on any atom is -0.371 e. The van der Waals surface area contributed by atoms with Crippen LogP contribution < -0.4 is 5.32 Å². The first-order valence-corrected chi connectivity index (χ1v) is 7.81. The summed E-state index contributed by atoms with van der Waals surface area (Å²) in [6.45, 7) is 1.45. The van der Waals surface area contributed by atoms with Crippen LogP contribution >= 0.6 is 0 Å². The maximum atomic E-state index is 12.2. The number of piperidine rings is 1. The molecule has 0 aromatic carbocycles. The normalized spacial score (nSPS) is 25.5. The Balaban J connectivity index is 1.57. The Kier molecular flexibility index (Phi) is 4.42. The fourth-order valence-electron chi connectivity index (χ4n) is 3.11. The van der Waals surface area contributed by atoms with Crippen LogP contribution in [0.5, 0.6) is 0 Å². The molecule has 7 heteroatoms. The number of rotatable bonds is 4. The van der Waals surface area contributed by atoms with Crippen LogP contribution in [0.2, 0.25) is 0 Å². The number of hydrogen-bond acceptors (Lipinski definition) is 4. The number of likely N-dealkylation sites (tertiary alicyclic amines) is 1. The number of carbonyl (C=O) groups excluding carboxylic acids is 2. The maximum Gasteiger partial charge on any atom is 0.239 e. The fourth-order valence-corrected chi connectivity index (χ4v) is 3.11. The molecular formula is C15H22N4O3. The lowest BCUT2D eigenvalue weighted by molar-refractivity contribution is -0.138. The van der Waals surface area contributed by atoms with Gasteiger partial charge in [0, 0.05) is 38.4 Å². The monoisotopic (exact) mass is 306 g/mol. The maximum absolute atomic E-state index is 12.2. The van der Waals surface area contributed by atoms with Crippen LogP contribution in [-0.2, 0) is 21.4 Å². The highest BCUT2D eigenvalue weighted by Gasteiger charge is 2.32. The zero-order valence-electron chi connectivity index (χ0n) is 12.8. The van der Waals surface area contributed by atoms with E-state index in [1.165, 1.54) is 0 Å². The summed E-state index contributed by atoms with van der Waals surface area (Å²) in [6, 6.07) is -0.0587. The minimum absolute atomic E-state index is 0.0587. The number of ether oxygens (including phenoxy) is 1. The Morgan fingerprint density at radius 2 is 2.36 bits per heavy atom. The minimum atomic E-state index is -0.158. The lowest BCUT2D eigenvalue weighted by Gasteiger charge is -2.27. The zero-order valence-corrected chi connectivity index (χ0v) is 12.8. The standard InChI is InChI=1S/C15H22N4O3/c1-18-9-11(8-16-18)15-12(5-7-22-15)17-13(20)10-19-6-3-2-4-14(19)21/h8-9,12,15H,2-7,10H2,1H3,(H,17,20)/t12-,15+/m0/s1. The highest BCUT2D eigenvalue weighted by atomic mass is 16.5. The van der Waals surface area contributed by atoms with Gasteiger partial charge in [-0.25, -0.2) is 0 Å². The van der Waals surface area contributed by atoms with Gasteiger partial charge in [-0.2, -0.15) is 5.10 Å². The molecule has 2 aliphatic heterocycles. The van der Waals surface area contributed by atoms with Gasteiger partial charge in [0.05, 0.1) is 18.8 Å². The van der Waals surface area contributed by atoms with Crippen molar-refractivity contribution in [2.24, 2.45) is 7.05 Å². The molecule has 1 aromatic rings. The summed E-state index contributed by atoms with van der Waals surface area (Å²) in [5, 5.41) is 7.16. The fraction of sp³-hybridized carbons (Fsp3) is 0.667. The quantitative estimate of drug-likeness (QED) is 0.872. The molecule has 1 N–H and O–H groups in total. The highest BCUT2D eigenvalue weighted by Crippen LogP contribution is 2.28. The van der Waals surface area contributed by atoms with E-state index in [1.54, 1.807) is 15.8 Å². The van der Waals surface area contributed by atoms with Gasteiger partial charge in [0.1, 0.15) is 6.10 Å². The zero-order chi connectivity index (χ0) is 15.5. The molecule has 7 nitrogen and oxygen atoms in total. The number of hydrogen-bond donors (Lipinski definition) is 1. The van der Waals surface area contributed by atoms with Gasteiger partial charge in [0.2, 0.25) is 11.8 Å². The van der Waals surface area contributed by atoms with Crippen LogP contribution in [0, 0.1) is 0 Å². The number of nitrogens with one attached hydrogen (secondary N) is 1. The summed E-state index contributed by atoms with van der Waals surface area (Å²) in [6.07, 6.45) is 6.75. The number of nitrogens with zero attached hydrogens (tertiary/aromatic N) is 3. The Bertz CT molecular complexity index is 557. The molecule has 1 aromatic heterocycles. The van der Waals surface area contributed by atoms with Crippen LogP contribution in [0.1, 0.15) is 37.4 Å². The first-order chi connectivity index (χ1) is 10.6. The lowest BCUT2D eigenvalue weighted by atomic mass is 10.1. The summed E-state index contributed by atoms with van der Waals surface area (Å²) >= 11 is 0. The topological polar surface area (TPSA) is 76.5 Å².